The van der Waals surface area contributed by atoms with Crippen molar-refractivity contribution in [1.29, 1.82) is 0 Å². The molecule has 2 N–H and O–H groups in total. The third-order valence-electron chi connectivity index (χ3n) is 6.10. The zero-order valence-electron chi connectivity index (χ0n) is 20.9. The van der Waals surface area contributed by atoms with Gasteiger partial charge in [-0.2, -0.15) is 0 Å². The molecule has 0 heterocycles. The largest absolute Gasteiger partial charge is 0.456 e. The number of nitrogens with one attached hydrogen (secondary N) is 2. The normalized spacial score (nSPS) is 11.2. The Labute approximate surface area is 235 Å². The van der Waals surface area contributed by atoms with Gasteiger partial charge in [0.2, 0.25) is 0 Å². The molecule has 5 nitrogen and oxygen atoms in total. The number of amides is 2. The molecule has 0 bridgehead atoms. The highest BCUT2D eigenvalue weighted by Gasteiger charge is 2.15. The maximum atomic E-state index is 13.3. The van der Waals surface area contributed by atoms with Crippen LogP contribution in [-0.4, -0.2) is 11.8 Å². The Balaban J connectivity index is 1.37. The number of fused-ring (bicyclic) bond motifs is 1. The first-order valence-electron chi connectivity index (χ1n) is 12.4. The van der Waals surface area contributed by atoms with Crippen molar-refractivity contribution in [3.63, 3.8) is 0 Å². The van der Waals surface area contributed by atoms with Gasteiger partial charge in [0, 0.05) is 12.1 Å². The van der Waals surface area contributed by atoms with Crippen molar-refractivity contribution in [2.45, 2.75) is 6.54 Å². The minimum atomic E-state index is -0.388. The van der Waals surface area contributed by atoms with Gasteiger partial charge in [-0.15, -0.1) is 0 Å². The smallest absolute Gasteiger partial charge is 0.268 e. The molecule has 0 aliphatic rings. The molecule has 0 unspecified atom stereocenters. The summed E-state index contributed by atoms with van der Waals surface area (Å²) in [5.41, 5.74) is 2.33. The number of benzene rings is 5. The molecule has 192 valence electrons. The monoisotopic (exact) mass is 576 g/mol. The molecule has 0 aliphatic carbocycles. The Morgan fingerprint density at radius 2 is 1.44 bits per heavy atom. The lowest BCUT2D eigenvalue weighted by molar-refractivity contribution is -0.117. The fourth-order valence-electron chi connectivity index (χ4n) is 4.11. The molecule has 0 spiro atoms. The zero-order chi connectivity index (χ0) is 27.0. The van der Waals surface area contributed by atoms with Crippen molar-refractivity contribution in [2.75, 3.05) is 0 Å². The molecule has 5 rings (SSSR count). The number of halogens is 1. The zero-order valence-corrected chi connectivity index (χ0v) is 22.5. The second kappa shape index (κ2) is 12.2. The lowest BCUT2D eigenvalue weighted by Gasteiger charge is -2.13. The standard InChI is InChI=1S/C33H25BrN2O3/c34-29-15-6-7-16-31(29)39-27-19-17-23(18-20-27)21-30(36-32(37)25-10-2-1-3-11-25)33(38)35-22-26-13-8-12-24-9-4-5-14-28(24)26/h1-21H,22H2,(H,35,38)(H,36,37)/b30-21-. The van der Waals surface area contributed by atoms with Gasteiger partial charge in [-0.1, -0.05) is 84.9 Å². The summed E-state index contributed by atoms with van der Waals surface area (Å²) in [5, 5.41) is 7.92. The summed E-state index contributed by atoms with van der Waals surface area (Å²) in [4.78, 5) is 26.3. The van der Waals surface area contributed by atoms with Crippen LogP contribution in [0.3, 0.4) is 0 Å². The van der Waals surface area contributed by atoms with E-state index in [1.807, 2.05) is 97.1 Å². The van der Waals surface area contributed by atoms with Crippen LogP contribution in [0.2, 0.25) is 0 Å². The third kappa shape index (κ3) is 6.61. The highest BCUT2D eigenvalue weighted by atomic mass is 79.9. The van der Waals surface area contributed by atoms with Crippen molar-refractivity contribution in [2.24, 2.45) is 0 Å². The summed E-state index contributed by atoms with van der Waals surface area (Å²) in [5.74, 6) is 0.593. The van der Waals surface area contributed by atoms with Gasteiger partial charge in [0.25, 0.3) is 11.8 Å². The molecule has 2 amide bonds. The van der Waals surface area contributed by atoms with Crippen LogP contribution in [0.5, 0.6) is 11.5 Å². The first kappa shape index (κ1) is 25.9. The van der Waals surface area contributed by atoms with Gasteiger partial charge >= 0.3 is 0 Å². The summed E-state index contributed by atoms with van der Waals surface area (Å²) in [6, 6.07) is 37.7. The van der Waals surface area contributed by atoms with Crippen molar-refractivity contribution >= 4 is 44.6 Å². The summed E-state index contributed by atoms with van der Waals surface area (Å²) < 4.78 is 6.79. The van der Waals surface area contributed by atoms with E-state index in [9.17, 15) is 9.59 Å². The molecule has 0 aliphatic heterocycles. The van der Waals surface area contributed by atoms with Crippen molar-refractivity contribution in [3.8, 4) is 11.5 Å². The Hall–Kier alpha value is -4.68. The third-order valence-corrected chi connectivity index (χ3v) is 6.76. The van der Waals surface area contributed by atoms with Crippen LogP contribution in [0.25, 0.3) is 16.8 Å². The number of hydrogen-bond acceptors (Lipinski definition) is 3. The van der Waals surface area contributed by atoms with Gasteiger partial charge in [0.05, 0.1) is 4.47 Å². The highest BCUT2D eigenvalue weighted by molar-refractivity contribution is 9.10. The maximum Gasteiger partial charge on any atom is 0.268 e. The van der Waals surface area contributed by atoms with Crippen LogP contribution in [0, 0.1) is 0 Å². The van der Waals surface area contributed by atoms with E-state index >= 15 is 0 Å². The van der Waals surface area contributed by atoms with Crippen molar-refractivity contribution < 1.29 is 14.3 Å². The first-order valence-corrected chi connectivity index (χ1v) is 13.2. The fraction of sp³-hybridized carbons (Fsp3) is 0.0303. The number of hydrogen-bond donors (Lipinski definition) is 2. The van der Waals surface area contributed by atoms with Gasteiger partial charge in [-0.25, -0.2) is 0 Å². The van der Waals surface area contributed by atoms with E-state index in [1.165, 1.54) is 0 Å². The number of para-hydroxylation sites is 1. The van der Waals surface area contributed by atoms with Crippen molar-refractivity contribution in [1.82, 2.24) is 10.6 Å². The molecule has 5 aromatic carbocycles. The predicted octanol–water partition coefficient (Wildman–Crippen LogP) is 7.48. The number of carbonyl (C=O) groups excluding carboxylic acids is 2. The number of carbonyl (C=O) groups is 2. The van der Waals surface area contributed by atoms with E-state index < -0.39 is 0 Å². The van der Waals surface area contributed by atoms with Crippen LogP contribution >= 0.6 is 15.9 Å². The predicted molar refractivity (Wildman–Crippen MR) is 158 cm³/mol. The SMILES string of the molecule is O=C(NCc1cccc2ccccc12)/C(=C/c1ccc(Oc2ccccc2Br)cc1)NC(=O)c1ccccc1. The second-order valence-corrected chi connectivity index (χ2v) is 9.65. The van der Waals surface area contributed by atoms with E-state index in [0.717, 1.165) is 26.4 Å². The van der Waals surface area contributed by atoms with Gasteiger partial charge < -0.3 is 15.4 Å². The summed E-state index contributed by atoms with van der Waals surface area (Å²) in [7, 11) is 0. The number of ether oxygens (including phenoxy) is 1. The maximum absolute atomic E-state index is 13.3. The Bertz CT molecular complexity index is 1640. The average Bonchev–Trinajstić information content (AvgIpc) is 2.98. The fourth-order valence-corrected chi connectivity index (χ4v) is 4.48. The minimum absolute atomic E-state index is 0.142. The molecule has 5 aromatic rings. The van der Waals surface area contributed by atoms with Gasteiger partial charge in [0.1, 0.15) is 17.2 Å². The van der Waals surface area contributed by atoms with E-state index in [4.69, 9.17) is 4.74 Å². The van der Waals surface area contributed by atoms with Crippen LogP contribution in [0.15, 0.2) is 131 Å². The Kier molecular flexibility index (Phi) is 8.15. The van der Waals surface area contributed by atoms with E-state index in [0.29, 0.717) is 23.6 Å². The number of rotatable bonds is 8. The quantitative estimate of drug-likeness (QED) is 0.188. The lowest BCUT2D eigenvalue weighted by Crippen LogP contribution is -2.34. The van der Waals surface area contributed by atoms with Crippen LogP contribution in [0.1, 0.15) is 21.5 Å². The molecule has 39 heavy (non-hydrogen) atoms. The van der Waals surface area contributed by atoms with Gasteiger partial charge in [-0.05, 0) is 80.3 Å². The summed E-state index contributed by atoms with van der Waals surface area (Å²) >= 11 is 3.48. The second-order valence-electron chi connectivity index (χ2n) is 8.80. The van der Waals surface area contributed by atoms with E-state index in [-0.39, 0.29) is 17.5 Å². The summed E-state index contributed by atoms with van der Waals surface area (Å²) in [6.45, 7) is 0.317. The van der Waals surface area contributed by atoms with Gasteiger partial charge in [-0.3, -0.25) is 9.59 Å². The molecule has 0 radical (unpaired) electrons. The Morgan fingerprint density at radius 1 is 0.744 bits per heavy atom. The first-order chi connectivity index (χ1) is 19.1. The highest BCUT2D eigenvalue weighted by Crippen LogP contribution is 2.29. The van der Waals surface area contributed by atoms with Crippen LogP contribution in [-0.2, 0) is 11.3 Å². The molecule has 0 atom stereocenters. The van der Waals surface area contributed by atoms with Crippen LogP contribution in [0.4, 0.5) is 0 Å². The molecule has 6 heteroatoms. The molecule has 0 aromatic heterocycles. The van der Waals surface area contributed by atoms with Crippen LogP contribution < -0.4 is 15.4 Å². The van der Waals surface area contributed by atoms with Gasteiger partial charge in [0.15, 0.2) is 0 Å². The summed E-state index contributed by atoms with van der Waals surface area (Å²) in [6.07, 6.45) is 1.65. The molecular formula is C33H25BrN2O3. The molecule has 0 saturated heterocycles. The molecule has 0 saturated carbocycles. The average molecular weight is 577 g/mol. The van der Waals surface area contributed by atoms with E-state index in [1.54, 1.807) is 30.3 Å². The van der Waals surface area contributed by atoms with E-state index in [2.05, 4.69) is 26.6 Å². The Morgan fingerprint density at radius 3 is 2.23 bits per heavy atom. The topological polar surface area (TPSA) is 67.4 Å². The minimum Gasteiger partial charge on any atom is -0.456 e. The lowest BCUT2D eigenvalue weighted by atomic mass is 10.0. The molecule has 0 fully saturated rings. The van der Waals surface area contributed by atoms with Crippen molar-refractivity contribution in [3.05, 3.63) is 148 Å². The molecular weight excluding hydrogens is 552 g/mol.